The number of rotatable bonds is 7. The number of aryl methyl sites for hydroxylation is 1. The molecule has 0 saturated heterocycles. The van der Waals surface area contributed by atoms with Gasteiger partial charge in [-0.25, -0.2) is 0 Å². The van der Waals surface area contributed by atoms with E-state index in [2.05, 4.69) is 15.5 Å². The summed E-state index contributed by atoms with van der Waals surface area (Å²) in [6.45, 7) is 2.53. The van der Waals surface area contributed by atoms with Gasteiger partial charge in [0.1, 0.15) is 0 Å². The minimum atomic E-state index is -0.153. The maximum atomic E-state index is 12.6. The predicted molar refractivity (Wildman–Crippen MR) is 104 cm³/mol. The summed E-state index contributed by atoms with van der Waals surface area (Å²) in [6.07, 6.45) is 2.24. The SMILES string of the molecule is COc1ccc(CCNC(=O)c2cn[nH]c2-c2ccc(C)cc2)cc1OC. The number of nitrogens with zero attached hydrogens (tertiary/aromatic N) is 1. The number of benzene rings is 2. The summed E-state index contributed by atoms with van der Waals surface area (Å²) in [5, 5.41) is 9.90. The molecule has 27 heavy (non-hydrogen) atoms. The Balaban J connectivity index is 1.64. The van der Waals surface area contributed by atoms with Crippen molar-refractivity contribution in [2.75, 3.05) is 20.8 Å². The van der Waals surface area contributed by atoms with E-state index in [-0.39, 0.29) is 5.91 Å². The van der Waals surface area contributed by atoms with Gasteiger partial charge in [0, 0.05) is 12.1 Å². The highest BCUT2D eigenvalue weighted by Gasteiger charge is 2.15. The number of amides is 1. The van der Waals surface area contributed by atoms with E-state index in [4.69, 9.17) is 9.47 Å². The number of H-pyrrole nitrogens is 1. The first kappa shape index (κ1) is 18.5. The van der Waals surface area contributed by atoms with Crippen LogP contribution in [0.5, 0.6) is 11.5 Å². The molecule has 1 amide bonds. The quantitative estimate of drug-likeness (QED) is 0.673. The molecule has 140 valence electrons. The van der Waals surface area contributed by atoms with E-state index < -0.39 is 0 Å². The molecule has 0 atom stereocenters. The monoisotopic (exact) mass is 365 g/mol. The van der Waals surface area contributed by atoms with Crippen LogP contribution in [0, 0.1) is 6.92 Å². The van der Waals surface area contributed by atoms with Gasteiger partial charge in [0.25, 0.3) is 5.91 Å². The number of carbonyl (C=O) groups excluding carboxylic acids is 1. The van der Waals surface area contributed by atoms with Crippen molar-refractivity contribution in [2.24, 2.45) is 0 Å². The van der Waals surface area contributed by atoms with E-state index >= 15 is 0 Å². The molecular formula is C21H23N3O3. The van der Waals surface area contributed by atoms with E-state index in [9.17, 15) is 4.79 Å². The van der Waals surface area contributed by atoms with Crippen LogP contribution in [0.3, 0.4) is 0 Å². The van der Waals surface area contributed by atoms with Gasteiger partial charge in [-0.3, -0.25) is 9.89 Å². The van der Waals surface area contributed by atoms with Crippen LogP contribution in [0.25, 0.3) is 11.3 Å². The minimum Gasteiger partial charge on any atom is -0.493 e. The molecule has 0 aliphatic rings. The van der Waals surface area contributed by atoms with E-state index in [0.29, 0.717) is 30.0 Å². The Morgan fingerprint density at radius 2 is 1.81 bits per heavy atom. The summed E-state index contributed by atoms with van der Waals surface area (Å²) < 4.78 is 10.6. The van der Waals surface area contributed by atoms with Gasteiger partial charge in [0.05, 0.1) is 31.7 Å². The van der Waals surface area contributed by atoms with Crippen LogP contribution in [0.4, 0.5) is 0 Å². The van der Waals surface area contributed by atoms with Gasteiger partial charge in [-0.05, 0) is 31.0 Å². The van der Waals surface area contributed by atoms with Crippen LogP contribution in [-0.2, 0) is 6.42 Å². The Kier molecular flexibility index (Phi) is 5.76. The number of hydrogen-bond acceptors (Lipinski definition) is 4. The average molecular weight is 365 g/mol. The van der Waals surface area contributed by atoms with Crippen molar-refractivity contribution in [3.63, 3.8) is 0 Å². The fourth-order valence-electron chi connectivity index (χ4n) is 2.85. The molecule has 1 aromatic heterocycles. The number of carbonyl (C=O) groups is 1. The number of aromatic amines is 1. The van der Waals surface area contributed by atoms with Crippen LogP contribution >= 0.6 is 0 Å². The smallest absolute Gasteiger partial charge is 0.255 e. The van der Waals surface area contributed by atoms with E-state index in [1.807, 2.05) is 49.4 Å². The van der Waals surface area contributed by atoms with Gasteiger partial charge in [0.15, 0.2) is 11.5 Å². The van der Waals surface area contributed by atoms with Gasteiger partial charge >= 0.3 is 0 Å². The topological polar surface area (TPSA) is 76.2 Å². The van der Waals surface area contributed by atoms with E-state index in [1.54, 1.807) is 20.4 Å². The second-order valence-corrected chi connectivity index (χ2v) is 6.22. The number of ether oxygens (including phenoxy) is 2. The van der Waals surface area contributed by atoms with Crippen molar-refractivity contribution in [3.8, 4) is 22.8 Å². The summed E-state index contributed by atoms with van der Waals surface area (Å²) in [5.74, 6) is 1.21. The number of methoxy groups -OCH3 is 2. The van der Waals surface area contributed by atoms with Gasteiger partial charge in [-0.15, -0.1) is 0 Å². The number of aromatic nitrogens is 2. The molecule has 3 aromatic rings. The Morgan fingerprint density at radius 1 is 1.07 bits per heavy atom. The van der Waals surface area contributed by atoms with Gasteiger partial charge in [0.2, 0.25) is 0 Å². The Morgan fingerprint density at radius 3 is 2.52 bits per heavy atom. The average Bonchev–Trinajstić information content (AvgIpc) is 3.18. The Hall–Kier alpha value is -3.28. The van der Waals surface area contributed by atoms with E-state index in [0.717, 1.165) is 16.8 Å². The second kappa shape index (κ2) is 8.40. The first-order valence-corrected chi connectivity index (χ1v) is 8.72. The molecule has 0 spiro atoms. The van der Waals surface area contributed by atoms with Crippen molar-refractivity contribution >= 4 is 5.91 Å². The molecule has 0 saturated carbocycles. The molecule has 2 N–H and O–H groups in total. The fourth-order valence-corrected chi connectivity index (χ4v) is 2.85. The third kappa shape index (κ3) is 4.28. The standard InChI is InChI=1S/C21H23N3O3/c1-14-4-7-16(8-5-14)20-17(13-23-24-20)21(25)22-11-10-15-6-9-18(26-2)19(12-15)27-3/h4-9,12-13H,10-11H2,1-3H3,(H,22,25)(H,23,24). The van der Waals surface area contributed by atoms with E-state index in [1.165, 1.54) is 5.56 Å². The Bertz CT molecular complexity index is 917. The molecular weight excluding hydrogens is 342 g/mol. The molecule has 6 heteroatoms. The predicted octanol–water partition coefficient (Wildman–Crippen LogP) is 3.37. The summed E-state index contributed by atoms with van der Waals surface area (Å²) >= 11 is 0. The van der Waals surface area contributed by atoms with Crippen molar-refractivity contribution in [1.29, 1.82) is 0 Å². The zero-order valence-corrected chi connectivity index (χ0v) is 15.7. The molecule has 2 aromatic carbocycles. The lowest BCUT2D eigenvalue weighted by Crippen LogP contribution is -2.25. The van der Waals surface area contributed by atoms with Crippen molar-refractivity contribution in [1.82, 2.24) is 15.5 Å². The lowest BCUT2D eigenvalue weighted by Gasteiger charge is -2.10. The zero-order valence-electron chi connectivity index (χ0n) is 15.7. The largest absolute Gasteiger partial charge is 0.493 e. The highest BCUT2D eigenvalue weighted by atomic mass is 16.5. The highest BCUT2D eigenvalue weighted by Crippen LogP contribution is 2.27. The molecule has 0 aliphatic heterocycles. The molecule has 3 rings (SSSR count). The molecule has 0 radical (unpaired) electrons. The lowest BCUT2D eigenvalue weighted by molar-refractivity contribution is 0.0955. The molecule has 1 heterocycles. The third-order valence-corrected chi connectivity index (χ3v) is 4.37. The summed E-state index contributed by atoms with van der Waals surface area (Å²) in [6, 6.07) is 13.7. The molecule has 0 unspecified atom stereocenters. The maximum Gasteiger partial charge on any atom is 0.255 e. The zero-order chi connectivity index (χ0) is 19.2. The van der Waals surface area contributed by atoms with Crippen molar-refractivity contribution < 1.29 is 14.3 Å². The van der Waals surface area contributed by atoms with Crippen LogP contribution in [0.2, 0.25) is 0 Å². The van der Waals surface area contributed by atoms with Crippen LogP contribution < -0.4 is 14.8 Å². The van der Waals surface area contributed by atoms with Gasteiger partial charge in [-0.2, -0.15) is 5.10 Å². The van der Waals surface area contributed by atoms with Crippen LogP contribution in [0.15, 0.2) is 48.7 Å². The van der Waals surface area contributed by atoms with Crippen molar-refractivity contribution in [3.05, 3.63) is 65.4 Å². The second-order valence-electron chi connectivity index (χ2n) is 6.22. The van der Waals surface area contributed by atoms with Gasteiger partial charge in [-0.1, -0.05) is 35.9 Å². The summed E-state index contributed by atoms with van der Waals surface area (Å²) in [7, 11) is 3.21. The molecule has 0 aliphatic carbocycles. The summed E-state index contributed by atoms with van der Waals surface area (Å²) in [5.41, 5.74) is 4.41. The number of nitrogens with one attached hydrogen (secondary N) is 2. The van der Waals surface area contributed by atoms with Crippen LogP contribution in [-0.4, -0.2) is 36.9 Å². The maximum absolute atomic E-state index is 12.6. The Labute approximate surface area is 158 Å². The third-order valence-electron chi connectivity index (χ3n) is 4.37. The first-order chi connectivity index (χ1) is 13.1. The highest BCUT2D eigenvalue weighted by molar-refractivity contribution is 5.99. The normalized spacial score (nSPS) is 10.5. The molecule has 0 fully saturated rings. The molecule has 6 nitrogen and oxygen atoms in total. The van der Waals surface area contributed by atoms with Crippen molar-refractivity contribution in [2.45, 2.75) is 13.3 Å². The number of hydrogen-bond donors (Lipinski definition) is 2. The molecule has 0 bridgehead atoms. The first-order valence-electron chi connectivity index (χ1n) is 8.72. The lowest BCUT2D eigenvalue weighted by atomic mass is 10.1. The van der Waals surface area contributed by atoms with Crippen LogP contribution in [0.1, 0.15) is 21.5 Å². The minimum absolute atomic E-state index is 0.153. The summed E-state index contributed by atoms with van der Waals surface area (Å²) in [4.78, 5) is 12.6. The fraction of sp³-hybridized carbons (Fsp3) is 0.238. The van der Waals surface area contributed by atoms with Gasteiger partial charge < -0.3 is 14.8 Å².